The lowest BCUT2D eigenvalue weighted by Gasteiger charge is -2.23. The van der Waals surface area contributed by atoms with Crippen molar-refractivity contribution in [1.29, 1.82) is 0 Å². The Balaban J connectivity index is 2.42. The predicted molar refractivity (Wildman–Crippen MR) is 77.4 cm³/mol. The van der Waals surface area contributed by atoms with Crippen LogP contribution in [0.5, 0.6) is 0 Å². The molecule has 0 bridgehead atoms. The molecule has 0 atom stereocenters. The van der Waals surface area contributed by atoms with Crippen molar-refractivity contribution in [3.05, 3.63) is 34.6 Å². The highest BCUT2D eigenvalue weighted by Crippen LogP contribution is 2.27. The fraction of sp³-hybridized carbons (Fsp3) is 0.600. The largest absolute Gasteiger partial charge is 0.0856 e. The minimum atomic E-state index is -1.03. The molecule has 0 amide bonds. The molecule has 0 saturated carbocycles. The summed E-state index contributed by atoms with van der Waals surface area (Å²) in [6, 6.07) is 0. The van der Waals surface area contributed by atoms with Gasteiger partial charge in [-0.25, -0.2) is 0 Å². The van der Waals surface area contributed by atoms with E-state index in [4.69, 9.17) is 0 Å². The van der Waals surface area contributed by atoms with Crippen molar-refractivity contribution in [3.63, 3.8) is 0 Å². The smallest absolute Gasteiger partial charge is 0.0724 e. The van der Waals surface area contributed by atoms with E-state index in [1.54, 1.807) is 10.8 Å². The molecule has 0 aromatic rings. The monoisotopic (exact) mass is 234 g/mol. The van der Waals surface area contributed by atoms with Gasteiger partial charge >= 0.3 is 0 Å². The van der Waals surface area contributed by atoms with Crippen LogP contribution in [0.25, 0.3) is 0 Å². The Morgan fingerprint density at radius 3 is 2.31 bits per heavy atom. The molecule has 1 rings (SSSR count). The van der Waals surface area contributed by atoms with Crippen LogP contribution in [-0.4, -0.2) is 8.07 Å². The second kappa shape index (κ2) is 5.67. The molecule has 16 heavy (non-hydrogen) atoms. The van der Waals surface area contributed by atoms with Crippen LogP contribution in [0.1, 0.15) is 39.5 Å². The molecule has 0 nitrogen and oxygen atoms in total. The van der Waals surface area contributed by atoms with Crippen molar-refractivity contribution < 1.29 is 0 Å². The molecular formula is C15H26Si. The molecular weight excluding hydrogens is 208 g/mol. The van der Waals surface area contributed by atoms with Gasteiger partial charge in [0, 0.05) is 0 Å². The first-order valence-electron chi connectivity index (χ1n) is 6.40. The zero-order valence-corrected chi connectivity index (χ0v) is 12.6. The first kappa shape index (κ1) is 13.5. The van der Waals surface area contributed by atoms with Gasteiger partial charge in [-0.15, -0.1) is 0 Å². The van der Waals surface area contributed by atoms with E-state index in [9.17, 15) is 0 Å². The van der Waals surface area contributed by atoms with E-state index < -0.39 is 8.07 Å². The van der Waals surface area contributed by atoms with E-state index in [1.807, 2.05) is 0 Å². The highest BCUT2D eigenvalue weighted by molar-refractivity contribution is 6.83. The summed E-state index contributed by atoms with van der Waals surface area (Å²) in [7, 11) is -1.03. The van der Waals surface area contributed by atoms with Gasteiger partial charge in [0.2, 0.25) is 0 Å². The van der Waals surface area contributed by atoms with Crippen molar-refractivity contribution in [2.24, 2.45) is 0 Å². The first-order valence-corrected chi connectivity index (χ1v) is 9.90. The van der Waals surface area contributed by atoms with Crippen LogP contribution in [0.2, 0.25) is 19.6 Å². The van der Waals surface area contributed by atoms with Crippen molar-refractivity contribution in [3.8, 4) is 0 Å². The quantitative estimate of drug-likeness (QED) is 0.460. The highest BCUT2D eigenvalue weighted by Gasteiger charge is 2.20. The van der Waals surface area contributed by atoms with Gasteiger partial charge in [0.1, 0.15) is 0 Å². The molecule has 0 saturated heterocycles. The van der Waals surface area contributed by atoms with Crippen molar-refractivity contribution in [2.75, 3.05) is 0 Å². The van der Waals surface area contributed by atoms with Gasteiger partial charge in [-0.2, -0.15) is 0 Å². The second-order valence-corrected chi connectivity index (χ2v) is 11.2. The van der Waals surface area contributed by atoms with Gasteiger partial charge in [-0.05, 0) is 39.5 Å². The van der Waals surface area contributed by atoms with Gasteiger partial charge in [0.15, 0.2) is 0 Å². The summed E-state index contributed by atoms with van der Waals surface area (Å²) >= 11 is 0. The Kier molecular flexibility index (Phi) is 4.79. The lowest BCUT2D eigenvalue weighted by molar-refractivity contribution is 0.906. The third kappa shape index (κ3) is 4.52. The third-order valence-corrected chi connectivity index (χ3v) is 5.54. The molecule has 0 radical (unpaired) electrons. The molecule has 0 aliphatic heterocycles. The zero-order valence-electron chi connectivity index (χ0n) is 11.6. The van der Waals surface area contributed by atoms with E-state index >= 15 is 0 Å². The zero-order chi connectivity index (χ0) is 12.2. The maximum atomic E-state index is 2.50. The fourth-order valence-corrected chi connectivity index (χ4v) is 3.47. The van der Waals surface area contributed by atoms with Gasteiger partial charge in [0.05, 0.1) is 8.07 Å². The molecule has 1 aliphatic carbocycles. The molecule has 1 heteroatoms. The van der Waals surface area contributed by atoms with Crippen molar-refractivity contribution in [2.45, 2.75) is 59.2 Å². The molecule has 0 heterocycles. The second-order valence-electron chi connectivity index (χ2n) is 6.07. The summed E-state index contributed by atoms with van der Waals surface area (Å²) in [5.74, 6) is 0. The van der Waals surface area contributed by atoms with Gasteiger partial charge < -0.3 is 0 Å². The van der Waals surface area contributed by atoms with E-state index in [0.29, 0.717) is 0 Å². The summed E-state index contributed by atoms with van der Waals surface area (Å²) in [6.45, 7) is 11.7. The maximum absolute atomic E-state index is 2.50. The Morgan fingerprint density at radius 2 is 1.88 bits per heavy atom. The molecule has 0 fully saturated rings. The Hall–Kier alpha value is -0.563. The van der Waals surface area contributed by atoms with Crippen LogP contribution in [-0.2, 0) is 0 Å². The molecule has 0 aromatic carbocycles. The molecule has 0 N–H and O–H groups in total. The Labute approximate surface area is 102 Å². The van der Waals surface area contributed by atoms with E-state index in [-0.39, 0.29) is 0 Å². The molecule has 0 spiro atoms. The average Bonchev–Trinajstić information content (AvgIpc) is 2.16. The molecule has 0 aromatic heterocycles. The lowest BCUT2D eigenvalue weighted by atomic mass is 10.0. The van der Waals surface area contributed by atoms with Crippen LogP contribution < -0.4 is 0 Å². The average molecular weight is 234 g/mol. The standard InChI is InChI=1S/C15H26Si/c1-13(2)7-6-8-14-9-11-15(12-10-14)16(3,4)5/h7,9,12H,6,8,10-11H2,1-5H3. The van der Waals surface area contributed by atoms with Crippen molar-refractivity contribution in [1.82, 2.24) is 0 Å². The number of rotatable bonds is 4. The fourth-order valence-electron chi connectivity index (χ4n) is 2.04. The highest BCUT2D eigenvalue weighted by atomic mass is 28.3. The summed E-state index contributed by atoms with van der Waals surface area (Å²) in [4.78, 5) is 0. The Bertz CT molecular complexity index is 320. The summed E-state index contributed by atoms with van der Waals surface area (Å²) in [5, 5.41) is 1.73. The summed E-state index contributed by atoms with van der Waals surface area (Å²) in [5.41, 5.74) is 3.08. The van der Waals surface area contributed by atoms with Crippen LogP contribution in [0, 0.1) is 0 Å². The molecule has 1 aliphatic rings. The minimum absolute atomic E-state index is 1.03. The van der Waals surface area contributed by atoms with E-state index in [1.165, 1.54) is 31.3 Å². The van der Waals surface area contributed by atoms with Crippen LogP contribution in [0.3, 0.4) is 0 Å². The van der Waals surface area contributed by atoms with Gasteiger partial charge in [-0.3, -0.25) is 0 Å². The molecule has 0 unspecified atom stereocenters. The summed E-state index contributed by atoms with van der Waals surface area (Å²) in [6.07, 6.45) is 12.2. The normalized spacial score (nSPS) is 16.6. The first-order chi connectivity index (χ1) is 7.39. The number of hydrogen-bond acceptors (Lipinski definition) is 0. The maximum Gasteiger partial charge on any atom is 0.0724 e. The number of hydrogen-bond donors (Lipinski definition) is 0. The van der Waals surface area contributed by atoms with Crippen molar-refractivity contribution >= 4 is 8.07 Å². The van der Waals surface area contributed by atoms with Crippen LogP contribution in [0.15, 0.2) is 34.6 Å². The van der Waals surface area contributed by atoms with Crippen LogP contribution >= 0.6 is 0 Å². The molecule has 90 valence electrons. The van der Waals surface area contributed by atoms with Gasteiger partial charge in [-0.1, -0.05) is 54.2 Å². The minimum Gasteiger partial charge on any atom is -0.0856 e. The topological polar surface area (TPSA) is 0 Å². The van der Waals surface area contributed by atoms with E-state index in [2.05, 4.69) is 51.7 Å². The lowest BCUT2D eigenvalue weighted by Crippen LogP contribution is -2.24. The summed E-state index contributed by atoms with van der Waals surface area (Å²) < 4.78 is 0. The predicted octanol–water partition coefficient (Wildman–Crippen LogP) is 5.26. The SMILES string of the molecule is CC(C)=CCCC1=CCC([Si](C)(C)C)=CC1. The van der Waals surface area contributed by atoms with E-state index in [0.717, 1.165) is 0 Å². The number of allylic oxidation sites excluding steroid dienone is 6. The Morgan fingerprint density at radius 1 is 1.19 bits per heavy atom. The van der Waals surface area contributed by atoms with Gasteiger partial charge in [0.25, 0.3) is 0 Å². The third-order valence-electron chi connectivity index (χ3n) is 3.20. The van der Waals surface area contributed by atoms with Crippen LogP contribution in [0.4, 0.5) is 0 Å².